The maximum absolute atomic E-state index is 13.9. The second-order valence-electron chi connectivity index (χ2n) is 7.38. The Morgan fingerprint density at radius 1 is 1.13 bits per heavy atom. The predicted molar refractivity (Wildman–Crippen MR) is 111 cm³/mol. The van der Waals surface area contributed by atoms with Gasteiger partial charge in [0.25, 0.3) is 5.91 Å². The number of rotatable bonds is 5. The first-order valence-electron chi connectivity index (χ1n) is 9.91. The van der Waals surface area contributed by atoms with Crippen molar-refractivity contribution in [2.75, 3.05) is 19.6 Å². The fourth-order valence-electron chi connectivity index (χ4n) is 3.52. The first kappa shape index (κ1) is 20.6. The third-order valence-corrected chi connectivity index (χ3v) is 5.20. The number of hydrogen-bond acceptors (Lipinski definition) is 5. The summed E-state index contributed by atoms with van der Waals surface area (Å²) in [4.78, 5) is 39.7. The van der Waals surface area contributed by atoms with Crippen LogP contribution in [0.5, 0.6) is 5.75 Å². The molecule has 4 rings (SSSR count). The molecule has 7 nitrogen and oxygen atoms in total. The van der Waals surface area contributed by atoms with Crippen LogP contribution in [0, 0.1) is 5.82 Å². The van der Waals surface area contributed by atoms with Crippen molar-refractivity contribution < 1.29 is 23.1 Å². The summed E-state index contributed by atoms with van der Waals surface area (Å²) in [6, 6.07) is 14.3. The number of fused-ring (bicyclic) bond motifs is 1. The molecule has 1 fully saturated rings. The molecule has 0 saturated carbocycles. The third-order valence-electron chi connectivity index (χ3n) is 5.20. The van der Waals surface area contributed by atoms with Gasteiger partial charge >= 0.3 is 5.63 Å². The molecule has 1 atom stereocenters. The van der Waals surface area contributed by atoms with Crippen molar-refractivity contribution in [2.45, 2.75) is 19.6 Å². The number of carbonyl (C=O) groups is 2. The van der Waals surface area contributed by atoms with Crippen molar-refractivity contribution in [2.24, 2.45) is 0 Å². The zero-order valence-electron chi connectivity index (χ0n) is 16.9. The Bertz CT molecular complexity index is 1190. The Morgan fingerprint density at radius 3 is 2.68 bits per heavy atom. The molecule has 1 aromatic heterocycles. The van der Waals surface area contributed by atoms with Crippen LogP contribution < -0.4 is 10.4 Å². The third kappa shape index (κ3) is 4.58. The highest BCUT2D eigenvalue weighted by atomic mass is 19.1. The lowest BCUT2D eigenvalue weighted by atomic mass is 10.1. The summed E-state index contributed by atoms with van der Waals surface area (Å²) in [5, 5.41) is 0.738. The predicted octanol–water partition coefficient (Wildman–Crippen LogP) is 2.57. The van der Waals surface area contributed by atoms with Gasteiger partial charge in [-0.3, -0.25) is 9.59 Å². The van der Waals surface area contributed by atoms with Gasteiger partial charge < -0.3 is 19.0 Å². The molecule has 1 aliphatic rings. The van der Waals surface area contributed by atoms with Crippen molar-refractivity contribution in [1.29, 1.82) is 0 Å². The van der Waals surface area contributed by atoms with E-state index in [2.05, 4.69) is 0 Å². The smallest absolute Gasteiger partial charge is 0.336 e. The number of amides is 2. The summed E-state index contributed by atoms with van der Waals surface area (Å²) in [5.41, 5.74) is 0.331. The average molecular weight is 424 g/mol. The second kappa shape index (κ2) is 8.59. The van der Waals surface area contributed by atoms with Crippen LogP contribution in [0.2, 0.25) is 0 Å². The van der Waals surface area contributed by atoms with Crippen LogP contribution in [0.15, 0.2) is 63.8 Å². The molecule has 0 bridgehead atoms. The fraction of sp³-hybridized carbons (Fsp3) is 0.261. The van der Waals surface area contributed by atoms with Crippen LogP contribution >= 0.6 is 0 Å². The quantitative estimate of drug-likeness (QED) is 0.588. The molecule has 0 radical (unpaired) electrons. The standard InChI is InChI=1S/C23H21FN2O5/c1-15(30-18-8-6-16-7-9-22(28)31-20(16)12-18)23(29)26-11-10-25(21(27)14-26)13-17-4-2-3-5-19(17)24/h2-9,12,15H,10-11,13-14H2,1H3. The summed E-state index contributed by atoms with van der Waals surface area (Å²) in [7, 11) is 0. The van der Waals surface area contributed by atoms with Crippen LogP contribution in [0.4, 0.5) is 4.39 Å². The Labute approximate surface area is 177 Å². The molecule has 2 heterocycles. The molecule has 2 amide bonds. The minimum Gasteiger partial charge on any atom is -0.481 e. The summed E-state index contributed by atoms with van der Waals surface area (Å²) < 4.78 is 24.7. The topological polar surface area (TPSA) is 80.1 Å². The van der Waals surface area contributed by atoms with Gasteiger partial charge in [0.15, 0.2) is 6.10 Å². The second-order valence-corrected chi connectivity index (χ2v) is 7.38. The van der Waals surface area contributed by atoms with Crippen LogP contribution in [-0.2, 0) is 16.1 Å². The van der Waals surface area contributed by atoms with Crippen LogP contribution in [0.1, 0.15) is 12.5 Å². The van der Waals surface area contributed by atoms with E-state index >= 15 is 0 Å². The van der Waals surface area contributed by atoms with Crippen molar-refractivity contribution >= 4 is 22.8 Å². The van der Waals surface area contributed by atoms with E-state index in [1.165, 1.54) is 17.0 Å². The molecule has 1 unspecified atom stereocenters. The van der Waals surface area contributed by atoms with Gasteiger partial charge in [0.05, 0.1) is 6.54 Å². The van der Waals surface area contributed by atoms with E-state index in [0.29, 0.717) is 30.0 Å². The fourth-order valence-corrected chi connectivity index (χ4v) is 3.52. The molecular formula is C23H21FN2O5. The van der Waals surface area contributed by atoms with Gasteiger partial charge in [-0.1, -0.05) is 18.2 Å². The van der Waals surface area contributed by atoms with E-state index < -0.39 is 11.7 Å². The number of benzene rings is 2. The molecule has 3 aromatic rings. The van der Waals surface area contributed by atoms with E-state index in [9.17, 15) is 18.8 Å². The summed E-state index contributed by atoms with van der Waals surface area (Å²) in [5.74, 6) is -0.551. The van der Waals surface area contributed by atoms with E-state index in [1.807, 2.05) is 0 Å². The number of hydrogen-bond donors (Lipinski definition) is 0. The minimum atomic E-state index is -0.834. The van der Waals surface area contributed by atoms with Crippen molar-refractivity contribution in [3.8, 4) is 5.75 Å². The molecule has 31 heavy (non-hydrogen) atoms. The van der Waals surface area contributed by atoms with E-state index in [0.717, 1.165) is 5.39 Å². The molecule has 1 aliphatic heterocycles. The molecular weight excluding hydrogens is 403 g/mol. The highest BCUT2D eigenvalue weighted by Crippen LogP contribution is 2.21. The summed E-state index contributed by atoms with van der Waals surface area (Å²) in [6.07, 6.45) is -0.834. The molecule has 0 N–H and O–H groups in total. The van der Waals surface area contributed by atoms with Crippen molar-refractivity contribution in [3.63, 3.8) is 0 Å². The lowest BCUT2D eigenvalue weighted by Crippen LogP contribution is -2.54. The minimum absolute atomic E-state index is 0.0897. The van der Waals surface area contributed by atoms with Gasteiger partial charge in [-0.15, -0.1) is 0 Å². The van der Waals surface area contributed by atoms with E-state index in [1.54, 1.807) is 54.3 Å². The molecule has 160 valence electrons. The number of carbonyl (C=O) groups excluding carboxylic acids is 2. The molecule has 8 heteroatoms. The number of nitrogens with zero attached hydrogens (tertiary/aromatic N) is 2. The van der Waals surface area contributed by atoms with Crippen molar-refractivity contribution in [1.82, 2.24) is 9.80 Å². The molecule has 0 aliphatic carbocycles. The van der Waals surface area contributed by atoms with Crippen molar-refractivity contribution in [3.05, 3.63) is 76.4 Å². The SMILES string of the molecule is CC(Oc1ccc2ccc(=O)oc2c1)C(=O)N1CCN(Cc2ccccc2F)C(=O)C1. The van der Waals surface area contributed by atoms with Gasteiger partial charge in [-0.2, -0.15) is 0 Å². The molecule has 1 saturated heterocycles. The Kier molecular flexibility index (Phi) is 5.70. The maximum atomic E-state index is 13.9. The van der Waals surface area contributed by atoms with Crippen LogP contribution in [0.3, 0.4) is 0 Å². The normalized spacial score (nSPS) is 15.2. The lowest BCUT2D eigenvalue weighted by Gasteiger charge is -2.35. The Hall–Kier alpha value is -3.68. The number of ether oxygens (including phenoxy) is 1. The first-order chi connectivity index (χ1) is 14.9. The summed E-state index contributed by atoms with van der Waals surface area (Å²) in [6.45, 7) is 2.32. The van der Waals surface area contributed by atoms with Gasteiger partial charge in [0.2, 0.25) is 5.91 Å². The maximum Gasteiger partial charge on any atom is 0.336 e. The molecule has 2 aromatic carbocycles. The Balaban J connectivity index is 1.38. The molecule has 0 spiro atoms. The number of piperazine rings is 1. The average Bonchev–Trinajstić information content (AvgIpc) is 2.75. The van der Waals surface area contributed by atoms with Crippen LogP contribution in [0.25, 0.3) is 11.0 Å². The largest absolute Gasteiger partial charge is 0.481 e. The van der Waals surface area contributed by atoms with Gasteiger partial charge in [0, 0.05) is 42.7 Å². The van der Waals surface area contributed by atoms with E-state index in [4.69, 9.17) is 9.15 Å². The van der Waals surface area contributed by atoms with E-state index in [-0.39, 0.29) is 30.7 Å². The highest BCUT2D eigenvalue weighted by Gasteiger charge is 2.30. The Morgan fingerprint density at radius 2 is 1.90 bits per heavy atom. The number of halogens is 1. The monoisotopic (exact) mass is 424 g/mol. The van der Waals surface area contributed by atoms with Gasteiger partial charge in [-0.25, -0.2) is 9.18 Å². The van der Waals surface area contributed by atoms with Gasteiger partial charge in [0.1, 0.15) is 17.1 Å². The zero-order chi connectivity index (χ0) is 22.0. The van der Waals surface area contributed by atoms with Gasteiger partial charge in [-0.05, 0) is 31.2 Å². The highest BCUT2D eigenvalue weighted by molar-refractivity contribution is 5.88. The van der Waals surface area contributed by atoms with Crippen LogP contribution in [-0.4, -0.2) is 47.4 Å². The summed E-state index contributed by atoms with van der Waals surface area (Å²) >= 11 is 0. The zero-order valence-corrected chi connectivity index (χ0v) is 16.9. The first-order valence-corrected chi connectivity index (χ1v) is 9.91. The lowest BCUT2D eigenvalue weighted by molar-refractivity contribution is -0.149.